The lowest BCUT2D eigenvalue weighted by molar-refractivity contribution is -0.117. The molecule has 0 N–H and O–H groups in total. The van der Waals surface area contributed by atoms with Crippen molar-refractivity contribution in [2.24, 2.45) is 0 Å². The average Bonchev–Trinajstić information content (AvgIpc) is 1.86. The molecule has 1 rings (SSSR count). The van der Waals surface area contributed by atoms with Crippen LogP contribution in [0.2, 0.25) is 0 Å². The van der Waals surface area contributed by atoms with Gasteiger partial charge in [0.05, 0.1) is 0 Å². The fourth-order valence-corrected chi connectivity index (χ4v) is 1.25. The van der Waals surface area contributed by atoms with Crippen molar-refractivity contribution >= 4 is 29.0 Å². The van der Waals surface area contributed by atoms with Crippen LogP contribution < -0.4 is 0 Å². The van der Waals surface area contributed by atoms with Gasteiger partial charge in [0.15, 0.2) is 10.1 Å². The van der Waals surface area contributed by atoms with Gasteiger partial charge in [0.2, 0.25) is 0 Å². The first-order valence-corrected chi connectivity index (χ1v) is 3.30. The fourth-order valence-electron chi connectivity index (χ4n) is 0.793. The summed E-state index contributed by atoms with van der Waals surface area (Å²) in [7, 11) is 0. The first-order valence-electron chi connectivity index (χ1n) is 2.54. The highest BCUT2D eigenvalue weighted by atomic mass is 35.5. The molecule has 1 fully saturated rings. The van der Waals surface area contributed by atoms with Crippen LogP contribution in [0.4, 0.5) is 0 Å². The molecule has 0 amide bonds. The number of hydrogen-bond acceptors (Lipinski definition) is 1. The number of carbonyl (C=O) groups excluding carboxylic acids is 1. The van der Waals surface area contributed by atoms with Crippen LogP contribution in [0.5, 0.6) is 0 Å². The molecule has 0 bridgehead atoms. The minimum Gasteiger partial charge on any atom is -0.296 e. The summed E-state index contributed by atoms with van der Waals surface area (Å²) in [4.78, 5) is 10.6. The van der Waals surface area contributed by atoms with Crippen LogP contribution in [-0.4, -0.2) is 10.1 Å². The predicted molar refractivity (Wildman–Crippen MR) is 33.3 cm³/mol. The van der Waals surface area contributed by atoms with Crippen molar-refractivity contribution in [2.45, 2.75) is 23.6 Å². The summed E-state index contributed by atoms with van der Waals surface area (Å²) in [5.41, 5.74) is 0. The molecule has 0 aromatic heterocycles. The van der Waals surface area contributed by atoms with Crippen molar-refractivity contribution in [3.8, 4) is 0 Å². The van der Waals surface area contributed by atoms with E-state index in [1.165, 1.54) is 0 Å². The summed E-state index contributed by atoms with van der Waals surface area (Å²) >= 11 is 11.1. The molecule has 0 radical (unpaired) electrons. The number of halogens is 2. The van der Waals surface area contributed by atoms with Crippen LogP contribution >= 0.6 is 23.2 Å². The molecule has 46 valence electrons. The predicted octanol–water partition coefficient (Wildman–Crippen LogP) is 1.91. The third-order valence-corrected chi connectivity index (χ3v) is 2.10. The summed E-state index contributed by atoms with van der Waals surface area (Å²) in [6.07, 6.45) is 2.01. The fraction of sp³-hybridized carbons (Fsp3) is 0.800. The van der Waals surface area contributed by atoms with Crippen molar-refractivity contribution in [1.82, 2.24) is 0 Å². The van der Waals surface area contributed by atoms with Gasteiger partial charge < -0.3 is 0 Å². The van der Waals surface area contributed by atoms with Crippen molar-refractivity contribution < 1.29 is 4.79 Å². The molecule has 1 aliphatic rings. The molecular formula is C5H6Cl2O. The molecular weight excluding hydrogens is 147 g/mol. The highest BCUT2D eigenvalue weighted by Crippen LogP contribution is 2.35. The topological polar surface area (TPSA) is 17.1 Å². The molecule has 1 aliphatic carbocycles. The third kappa shape index (κ3) is 0.981. The Labute approximate surface area is 58.0 Å². The van der Waals surface area contributed by atoms with Gasteiger partial charge >= 0.3 is 0 Å². The Bertz CT molecular complexity index is 120. The van der Waals surface area contributed by atoms with Crippen LogP contribution in [-0.2, 0) is 4.79 Å². The van der Waals surface area contributed by atoms with E-state index in [4.69, 9.17) is 23.2 Å². The number of Topliss-reactive ketones (excluding diaryl/α,β-unsaturated/α-hetero) is 1. The second kappa shape index (κ2) is 1.89. The zero-order chi connectivity index (χ0) is 6.20. The Morgan fingerprint density at radius 2 is 2.12 bits per heavy atom. The minimum atomic E-state index is -1.04. The smallest absolute Gasteiger partial charge is 0.175 e. The van der Waals surface area contributed by atoms with E-state index in [0.29, 0.717) is 12.8 Å². The van der Waals surface area contributed by atoms with Crippen molar-refractivity contribution in [3.05, 3.63) is 0 Å². The summed E-state index contributed by atoms with van der Waals surface area (Å²) < 4.78 is -1.04. The van der Waals surface area contributed by atoms with E-state index in [1.807, 2.05) is 0 Å². The maximum absolute atomic E-state index is 10.6. The minimum absolute atomic E-state index is 0.0270. The van der Waals surface area contributed by atoms with Crippen molar-refractivity contribution in [1.29, 1.82) is 0 Å². The van der Waals surface area contributed by atoms with Gasteiger partial charge in [0, 0.05) is 6.42 Å². The van der Waals surface area contributed by atoms with Gasteiger partial charge in [-0.05, 0) is 12.8 Å². The number of ketones is 1. The first-order chi connectivity index (χ1) is 3.63. The van der Waals surface area contributed by atoms with E-state index in [-0.39, 0.29) is 5.78 Å². The Morgan fingerprint density at radius 3 is 2.25 bits per heavy atom. The average molecular weight is 153 g/mol. The van der Waals surface area contributed by atoms with Crippen LogP contribution in [0.25, 0.3) is 0 Å². The highest BCUT2D eigenvalue weighted by Gasteiger charge is 2.37. The zero-order valence-corrected chi connectivity index (χ0v) is 5.80. The van der Waals surface area contributed by atoms with Gasteiger partial charge in [-0.25, -0.2) is 0 Å². The van der Waals surface area contributed by atoms with Gasteiger partial charge in [0.25, 0.3) is 0 Å². The quantitative estimate of drug-likeness (QED) is 0.485. The molecule has 1 saturated carbocycles. The molecule has 0 unspecified atom stereocenters. The van der Waals surface area contributed by atoms with Crippen LogP contribution in [0, 0.1) is 0 Å². The van der Waals surface area contributed by atoms with E-state index in [1.54, 1.807) is 0 Å². The lowest BCUT2D eigenvalue weighted by Crippen LogP contribution is -2.17. The lowest BCUT2D eigenvalue weighted by Gasteiger charge is -2.05. The second-order valence-corrected chi connectivity index (χ2v) is 3.47. The molecule has 0 aromatic rings. The molecule has 0 aliphatic heterocycles. The number of hydrogen-bond donors (Lipinski definition) is 0. The molecule has 1 nitrogen and oxygen atoms in total. The lowest BCUT2D eigenvalue weighted by atomic mass is 10.3. The van der Waals surface area contributed by atoms with E-state index >= 15 is 0 Å². The normalized spacial score (nSPS) is 26.5. The maximum atomic E-state index is 10.6. The number of rotatable bonds is 0. The molecule has 0 heterocycles. The number of alkyl halides is 2. The van der Waals surface area contributed by atoms with E-state index < -0.39 is 4.33 Å². The highest BCUT2D eigenvalue weighted by molar-refractivity contribution is 6.58. The summed E-state index contributed by atoms with van der Waals surface area (Å²) in [5.74, 6) is -0.0270. The first kappa shape index (κ1) is 6.37. The number of carbonyl (C=O) groups is 1. The summed E-state index contributed by atoms with van der Waals surface area (Å²) in [6.45, 7) is 0. The van der Waals surface area contributed by atoms with Crippen molar-refractivity contribution in [2.75, 3.05) is 0 Å². The van der Waals surface area contributed by atoms with Gasteiger partial charge in [-0.3, -0.25) is 4.79 Å². The Hall–Kier alpha value is 0.250. The van der Waals surface area contributed by atoms with Gasteiger partial charge in [-0.1, -0.05) is 23.2 Å². The summed E-state index contributed by atoms with van der Waals surface area (Å²) in [6, 6.07) is 0. The summed E-state index contributed by atoms with van der Waals surface area (Å²) in [5, 5.41) is 0. The van der Waals surface area contributed by atoms with Crippen LogP contribution in [0.15, 0.2) is 0 Å². The Morgan fingerprint density at radius 1 is 1.50 bits per heavy atom. The molecule has 0 atom stereocenters. The Kier molecular flexibility index (Phi) is 1.50. The van der Waals surface area contributed by atoms with Crippen LogP contribution in [0.1, 0.15) is 19.3 Å². The Balaban J connectivity index is 2.68. The maximum Gasteiger partial charge on any atom is 0.175 e. The van der Waals surface area contributed by atoms with E-state index in [9.17, 15) is 4.79 Å². The van der Waals surface area contributed by atoms with E-state index in [2.05, 4.69) is 0 Å². The monoisotopic (exact) mass is 152 g/mol. The SMILES string of the molecule is O=C1CCCC1(Cl)Cl. The zero-order valence-electron chi connectivity index (χ0n) is 4.29. The van der Waals surface area contributed by atoms with E-state index in [0.717, 1.165) is 6.42 Å². The molecule has 0 aromatic carbocycles. The van der Waals surface area contributed by atoms with Gasteiger partial charge in [0.1, 0.15) is 0 Å². The third-order valence-electron chi connectivity index (χ3n) is 1.30. The van der Waals surface area contributed by atoms with Gasteiger partial charge in [-0.15, -0.1) is 0 Å². The largest absolute Gasteiger partial charge is 0.296 e. The molecule has 8 heavy (non-hydrogen) atoms. The van der Waals surface area contributed by atoms with Crippen LogP contribution in [0.3, 0.4) is 0 Å². The molecule has 0 spiro atoms. The van der Waals surface area contributed by atoms with Gasteiger partial charge in [-0.2, -0.15) is 0 Å². The standard InChI is InChI=1S/C5H6Cl2O/c6-5(7)3-1-2-4(5)8/h1-3H2. The second-order valence-electron chi connectivity index (χ2n) is 1.98. The molecule has 0 saturated heterocycles. The molecule has 3 heteroatoms. The van der Waals surface area contributed by atoms with Crippen molar-refractivity contribution in [3.63, 3.8) is 0 Å².